The Labute approximate surface area is 160 Å². The van der Waals surface area contributed by atoms with Crippen molar-refractivity contribution >= 4 is 6.47 Å². The molecule has 0 fully saturated rings. The normalized spacial score (nSPS) is 10.6. The summed E-state index contributed by atoms with van der Waals surface area (Å²) in [7, 11) is 1.54. The molecule has 0 bridgehead atoms. The Morgan fingerprint density at radius 2 is 1.81 bits per heavy atom. The fourth-order valence-electron chi connectivity index (χ4n) is 2.87. The van der Waals surface area contributed by atoms with Gasteiger partial charge < -0.3 is 9.84 Å². The molecule has 6 heteroatoms. The lowest BCUT2D eigenvalue weighted by atomic mass is 9.94. The van der Waals surface area contributed by atoms with E-state index in [9.17, 15) is 4.39 Å². The molecule has 0 aliphatic heterocycles. The third kappa shape index (κ3) is 6.03. The number of benzene rings is 1. The summed E-state index contributed by atoms with van der Waals surface area (Å²) in [5.74, 6) is 0.0969. The van der Waals surface area contributed by atoms with Crippen LogP contribution in [0.2, 0.25) is 0 Å². The summed E-state index contributed by atoms with van der Waals surface area (Å²) in [6.45, 7) is 12.1. The molecule has 0 atom stereocenters. The molecule has 2 aromatic rings. The SMILES string of the molecule is CCN(Cc1cc(C)c(C)cc1-c1cc(OC)ncc1F)C(C)C.O=CO. The Balaban J connectivity index is 0.00000114. The van der Waals surface area contributed by atoms with E-state index in [-0.39, 0.29) is 12.3 Å². The molecule has 0 spiro atoms. The van der Waals surface area contributed by atoms with Gasteiger partial charge in [0.05, 0.1) is 13.3 Å². The Bertz CT molecular complexity index is 763. The fourth-order valence-corrected chi connectivity index (χ4v) is 2.87. The number of hydrogen-bond donors (Lipinski definition) is 1. The van der Waals surface area contributed by atoms with Crippen molar-refractivity contribution in [2.24, 2.45) is 0 Å². The zero-order valence-corrected chi connectivity index (χ0v) is 16.9. The molecule has 0 aliphatic rings. The van der Waals surface area contributed by atoms with E-state index in [0.29, 0.717) is 17.5 Å². The first-order valence-corrected chi connectivity index (χ1v) is 8.90. The van der Waals surface area contributed by atoms with Gasteiger partial charge in [0.25, 0.3) is 6.47 Å². The van der Waals surface area contributed by atoms with E-state index < -0.39 is 0 Å². The van der Waals surface area contributed by atoms with Crippen LogP contribution in [0.5, 0.6) is 5.88 Å². The highest BCUT2D eigenvalue weighted by Crippen LogP contribution is 2.31. The predicted molar refractivity (Wildman–Crippen MR) is 106 cm³/mol. The highest BCUT2D eigenvalue weighted by atomic mass is 19.1. The van der Waals surface area contributed by atoms with Gasteiger partial charge in [0.1, 0.15) is 5.82 Å². The number of nitrogens with zero attached hydrogens (tertiary/aromatic N) is 2. The highest BCUT2D eigenvalue weighted by Gasteiger charge is 2.16. The van der Waals surface area contributed by atoms with Crippen molar-refractivity contribution in [2.75, 3.05) is 13.7 Å². The van der Waals surface area contributed by atoms with Crippen molar-refractivity contribution in [3.8, 4) is 17.0 Å². The average molecular weight is 376 g/mol. The van der Waals surface area contributed by atoms with Crippen molar-refractivity contribution in [1.82, 2.24) is 9.88 Å². The Morgan fingerprint density at radius 1 is 1.22 bits per heavy atom. The third-order valence-corrected chi connectivity index (χ3v) is 4.56. The van der Waals surface area contributed by atoms with Gasteiger partial charge in [-0.2, -0.15) is 0 Å². The van der Waals surface area contributed by atoms with E-state index >= 15 is 0 Å². The van der Waals surface area contributed by atoms with Crippen LogP contribution in [0.25, 0.3) is 11.1 Å². The van der Waals surface area contributed by atoms with Crippen LogP contribution in [0.1, 0.15) is 37.5 Å². The number of ether oxygens (including phenoxy) is 1. The number of methoxy groups -OCH3 is 1. The number of pyridine rings is 1. The number of hydrogen-bond acceptors (Lipinski definition) is 4. The number of rotatable bonds is 6. The molecule has 1 aromatic heterocycles. The predicted octanol–water partition coefficient (Wildman–Crippen LogP) is 4.44. The lowest BCUT2D eigenvalue weighted by Crippen LogP contribution is -2.30. The third-order valence-electron chi connectivity index (χ3n) is 4.56. The van der Waals surface area contributed by atoms with Crippen molar-refractivity contribution in [3.05, 3.63) is 46.9 Å². The summed E-state index contributed by atoms with van der Waals surface area (Å²) in [5, 5.41) is 6.89. The van der Waals surface area contributed by atoms with Gasteiger partial charge in [-0.25, -0.2) is 9.37 Å². The molecule has 0 saturated carbocycles. The largest absolute Gasteiger partial charge is 0.483 e. The Kier molecular flexibility index (Phi) is 8.88. The van der Waals surface area contributed by atoms with Crippen LogP contribution in [0.4, 0.5) is 4.39 Å². The molecule has 1 aromatic carbocycles. The summed E-state index contributed by atoms with van der Waals surface area (Å²) in [6.07, 6.45) is 1.23. The maximum absolute atomic E-state index is 14.5. The second-order valence-electron chi connectivity index (χ2n) is 6.56. The first-order valence-electron chi connectivity index (χ1n) is 8.90. The van der Waals surface area contributed by atoms with Crippen LogP contribution < -0.4 is 4.74 Å². The molecule has 1 N–H and O–H groups in total. The molecule has 0 saturated heterocycles. The average Bonchev–Trinajstić information content (AvgIpc) is 2.63. The van der Waals surface area contributed by atoms with Gasteiger partial charge in [-0.05, 0) is 56.5 Å². The lowest BCUT2D eigenvalue weighted by Gasteiger charge is -2.26. The molecule has 27 heavy (non-hydrogen) atoms. The van der Waals surface area contributed by atoms with E-state index in [2.05, 4.69) is 56.6 Å². The van der Waals surface area contributed by atoms with E-state index in [1.807, 2.05) is 0 Å². The number of aromatic nitrogens is 1. The summed E-state index contributed by atoms with van der Waals surface area (Å²) < 4.78 is 19.6. The topological polar surface area (TPSA) is 62.7 Å². The molecular weight excluding hydrogens is 347 g/mol. The zero-order valence-electron chi connectivity index (χ0n) is 16.9. The van der Waals surface area contributed by atoms with Gasteiger partial charge in [0.15, 0.2) is 0 Å². The van der Waals surface area contributed by atoms with Crippen molar-refractivity contribution < 1.29 is 19.0 Å². The minimum Gasteiger partial charge on any atom is -0.483 e. The highest BCUT2D eigenvalue weighted by molar-refractivity contribution is 5.70. The van der Waals surface area contributed by atoms with Crippen LogP contribution >= 0.6 is 0 Å². The van der Waals surface area contributed by atoms with Gasteiger partial charge >= 0.3 is 0 Å². The summed E-state index contributed by atoms with van der Waals surface area (Å²) in [4.78, 5) is 14.7. The van der Waals surface area contributed by atoms with Gasteiger partial charge in [0.2, 0.25) is 5.88 Å². The van der Waals surface area contributed by atoms with Crippen molar-refractivity contribution in [2.45, 2.75) is 47.2 Å². The maximum Gasteiger partial charge on any atom is 0.290 e. The number of carbonyl (C=O) groups is 1. The molecule has 0 aliphatic carbocycles. The van der Waals surface area contributed by atoms with Crippen LogP contribution in [-0.2, 0) is 11.3 Å². The lowest BCUT2D eigenvalue weighted by molar-refractivity contribution is -0.122. The smallest absolute Gasteiger partial charge is 0.290 e. The molecule has 0 unspecified atom stereocenters. The molecular formula is C21H29FN2O3. The van der Waals surface area contributed by atoms with Crippen LogP contribution in [0.3, 0.4) is 0 Å². The van der Waals surface area contributed by atoms with Crippen molar-refractivity contribution in [3.63, 3.8) is 0 Å². The Hall–Kier alpha value is -2.47. The first kappa shape index (κ1) is 22.6. The zero-order chi connectivity index (χ0) is 20.6. The second kappa shape index (κ2) is 10.6. The summed E-state index contributed by atoms with van der Waals surface area (Å²) >= 11 is 0. The van der Waals surface area contributed by atoms with E-state index in [1.54, 1.807) is 13.2 Å². The van der Waals surface area contributed by atoms with Gasteiger partial charge in [-0.15, -0.1) is 0 Å². The minimum absolute atomic E-state index is 0.250. The van der Waals surface area contributed by atoms with Crippen LogP contribution in [0, 0.1) is 19.7 Å². The fraction of sp³-hybridized carbons (Fsp3) is 0.429. The van der Waals surface area contributed by atoms with E-state index in [1.165, 1.54) is 11.8 Å². The molecule has 5 nitrogen and oxygen atoms in total. The number of carboxylic acid groups (broad SMARTS) is 1. The quantitative estimate of drug-likeness (QED) is 0.755. The molecule has 2 rings (SSSR count). The van der Waals surface area contributed by atoms with E-state index in [4.69, 9.17) is 14.6 Å². The van der Waals surface area contributed by atoms with Crippen LogP contribution in [0.15, 0.2) is 24.4 Å². The Morgan fingerprint density at radius 3 is 2.33 bits per heavy atom. The standard InChI is InChI=1S/C20H27FN2O.CH2O2/c1-7-23(13(2)3)12-16-8-14(4)15(5)9-17(16)18-10-20(24-6)22-11-19(18)21;2-1-3/h8-11,13H,7,12H2,1-6H3;1H,(H,2,3). The summed E-state index contributed by atoms with van der Waals surface area (Å²) in [6, 6.07) is 6.34. The number of aryl methyl sites for hydroxylation is 2. The van der Waals surface area contributed by atoms with Gasteiger partial charge in [-0.1, -0.05) is 19.1 Å². The maximum atomic E-state index is 14.5. The van der Waals surface area contributed by atoms with E-state index in [0.717, 1.165) is 29.8 Å². The second-order valence-corrected chi connectivity index (χ2v) is 6.56. The minimum atomic E-state index is -0.326. The monoisotopic (exact) mass is 376 g/mol. The first-order chi connectivity index (χ1) is 12.8. The molecule has 1 heterocycles. The van der Waals surface area contributed by atoms with Gasteiger partial charge in [0, 0.05) is 24.2 Å². The van der Waals surface area contributed by atoms with Gasteiger partial charge in [-0.3, -0.25) is 9.69 Å². The molecule has 148 valence electrons. The summed E-state index contributed by atoms with van der Waals surface area (Å²) in [5.41, 5.74) is 4.95. The van der Waals surface area contributed by atoms with Crippen molar-refractivity contribution in [1.29, 1.82) is 0 Å². The molecule has 0 radical (unpaired) electrons. The van der Waals surface area contributed by atoms with Crippen LogP contribution in [-0.4, -0.2) is 41.2 Å². The number of halogens is 1. The molecule has 0 amide bonds.